The van der Waals surface area contributed by atoms with Gasteiger partial charge < -0.3 is 15.3 Å². The number of fused-ring (bicyclic) bond motifs is 1. The third-order valence-corrected chi connectivity index (χ3v) is 6.87. The topological polar surface area (TPSA) is 128 Å². The Morgan fingerprint density at radius 1 is 1.19 bits per heavy atom. The summed E-state index contributed by atoms with van der Waals surface area (Å²) in [5.74, 6) is 5.18. The molecule has 1 saturated carbocycles. The van der Waals surface area contributed by atoms with Crippen molar-refractivity contribution in [2.75, 3.05) is 36.4 Å². The highest BCUT2D eigenvalue weighted by molar-refractivity contribution is 5.89. The molecule has 188 valence electrons. The zero-order valence-corrected chi connectivity index (χ0v) is 20.3. The Labute approximate surface area is 213 Å². The van der Waals surface area contributed by atoms with Crippen LogP contribution in [-0.2, 0) is 13.1 Å². The van der Waals surface area contributed by atoms with Crippen LogP contribution >= 0.6 is 0 Å². The predicted octanol–water partition coefficient (Wildman–Crippen LogP) is 2.64. The molecular formula is C26H27N9O2. The summed E-state index contributed by atoms with van der Waals surface area (Å²) in [6.07, 6.45) is 10.4. The van der Waals surface area contributed by atoms with Crippen LogP contribution in [0.15, 0.2) is 30.5 Å². The molecule has 37 heavy (non-hydrogen) atoms. The molecule has 2 aliphatic rings. The number of terminal acetylenes is 1. The Kier molecular flexibility index (Phi) is 5.94. The Balaban J connectivity index is 1.22. The minimum Gasteiger partial charge on any atom is -0.507 e. The molecule has 1 aromatic carbocycles. The molecule has 4 heterocycles. The van der Waals surface area contributed by atoms with Crippen LogP contribution in [0.5, 0.6) is 5.75 Å². The van der Waals surface area contributed by atoms with Gasteiger partial charge in [-0.2, -0.15) is 20.2 Å². The van der Waals surface area contributed by atoms with Crippen molar-refractivity contribution in [1.29, 1.82) is 0 Å². The molecule has 1 aliphatic heterocycles. The summed E-state index contributed by atoms with van der Waals surface area (Å²) in [5.41, 5.74) is 3.11. The van der Waals surface area contributed by atoms with Crippen LogP contribution in [-0.4, -0.2) is 72.4 Å². The summed E-state index contributed by atoms with van der Waals surface area (Å²) in [4.78, 5) is 25.3. The number of nitrogens with one attached hydrogen (secondary N) is 2. The second-order valence-corrected chi connectivity index (χ2v) is 9.50. The molecule has 0 unspecified atom stereocenters. The van der Waals surface area contributed by atoms with E-state index < -0.39 is 0 Å². The normalized spacial score (nSPS) is 16.1. The van der Waals surface area contributed by atoms with Crippen molar-refractivity contribution in [1.82, 2.24) is 34.8 Å². The molecule has 0 radical (unpaired) electrons. The summed E-state index contributed by atoms with van der Waals surface area (Å²) >= 11 is 0. The van der Waals surface area contributed by atoms with Crippen LogP contribution in [0.3, 0.4) is 0 Å². The largest absolute Gasteiger partial charge is 0.507 e. The third kappa shape index (κ3) is 4.71. The maximum Gasteiger partial charge on any atom is 0.229 e. The van der Waals surface area contributed by atoms with E-state index in [1.807, 2.05) is 12.1 Å². The lowest BCUT2D eigenvalue weighted by molar-refractivity contribution is 0.112. The molecule has 3 N–H and O–H groups in total. The number of anilines is 3. The fourth-order valence-electron chi connectivity index (χ4n) is 4.67. The summed E-state index contributed by atoms with van der Waals surface area (Å²) in [6, 6.07) is 7.19. The first kappa shape index (κ1) is 23.0. The lowest BCUT2D eigenvalue weighted by Crippen LogP contribution is -2.46. The third-order valence-electron chi connectivity index (χ3n) is 6.87. The minimum absolute atomic E-state index is 0.00297. The van der Waals surface area contributed by atoms with Crippen molar-refractivity contribution in [3.05, 3.63) is 47.3 Å². The first-order valence-corrected chi connectivity index (χ1v) is 12.3. The zero-order chi connectivity index (χ0) is 25.4. The van der Waals surface area contributed by atoms with Crippen molar-refractivity contribution in [3.63, 3.8) is 0 Å². The summed E-state index contributed by atoms with van der Waals surface area (Å²) in [7, 11) is 0. The average Bonchev–Trinajstić information content (AvgIpc) is 3.53. The second-order valence-electron chi connectivity index (χ2n) is 9.50. The Hall–Kier alpha value is -4.43. The molecule has 3 aromatic heterocycles. The number of aromatic nitrogens is 6. The maximum atomic E-state index is 11.2. The van der Waals surface area contributed by atoms with Crippen molar-refractivity contribution in [2.45, 2.75) is 31.8 Å². The molecule has 1 saturated heterocycles. The smallest absolute Gasteiger partial charge is 0.229 e. The molecule has 0 amide bonds. The van der Waals surface area contributed by atoms with Crippen molar-refractivity contribution in [3.8, 4) is 18.1 Å². The van der Waals surface area contributed by atoms with E-state index in [9.17, 15) is 9.90 Å². The van der Waals surface area contributed by atoms with Gasteiger partial charge in [-0.15, -0.1) is 6.42 Å². The number of aromatic hydroxyl groups is 1. The van der Waals surface area contributed by atoms with E-state index in [2.05, 4.69) is 36.3 Å². The van der Waals surface area contributed by atoms with Gasteiger partial charge in [-0.05, 0) is 30.5 Å². The quantitative estimate of drug-likeness (QED) is 0.249. The number of piperazine rings is 1. The standard InChI is InChI=1S/C26H27N9O2/c1-2-7-35-25-20(14-27-35)24(28-23-13-21(31-32-23)18-4-5-18)29-26(30-25)34-10-8-33(9-11-34)15-17-3-6-22(37)19(12-17)16-36/h1,3,6,12-14,16,18,37H,4-5,7-11,15H2,(H2,28,29,30,31,32). The highest BCUT2D eigenvalue weighted by atomic mass is 16.3. The minimum atomic E-state index is 0.00297. The van der Waals surface area contributed by atoms with E-state index in [0.29, 0.717) is 54.1 Å². The number of carbonyl (C=O) groups is 1. The highest BCUT2D eigenvalue weighted by Crippen LogP contribution is 2.40. The number of benzene rings is 1. The number of carbonyl (C=O) groups excluding carboxylic acids is 1. The van der Waals surface area contributed by atoms with E-state index in [1.165, 1.54) is 12.8 Å². The van der Waals surface area contributed by atoms with Gasteiger partial charge in [-0.25, -0.2) is 4.68 Å². The van der Waals surface area contributed by atoms with E-state index >= 15 is 0 Å². The second kappa shape index (κ2) is 9.55. The summed E-state index contributed by atoms with van der Waals surface area (Å²) in [5, 5.41) is 25.9. The molecule has 0 spiro atoms. The number of phenolic OH excluding ortho intramolecular Hbond substituents is 1. The van der Waals surface area contributed by atoms with Crippen molar-refractivity contribution >= 4 is 34.9 Å². The van der Waals surface area contributed by atoms with Gasteiger partial charge in [0.25, 0.3) is 0 Å². The SMILES string of the molecule is C#CCn1ncc2c(Nc3cc(C4CC4)[nH]n3)nc(N3CCN(Cc4ccc(O)c(C=O)c4)CC3)nc21. The monoisotopic (exact) mass is 497 g/mol. The lowest BCUT2D eigenvalue weighted by atomic mass is 10.1. The van der Waals surface area contributed by atoms with Crippen LogP contribution < -0.4 is 10.2 Å². The molecule has 11 heteroatoms. The van der Waals surface area contributed by atoms with Gasteiger partial charge >= 0.3 is 0 Å². The predicted molar refractivity (Wildman–Crippen MR) is 139 cm³/mol. The fraction of sp³-hybridized carbons (Fsp3) is 0.346. The molecular weight excluding hydrogens is 470 g/mol. The first-order chi connectivity index (χ1) is 18.1. The van der Waals surface area contributed by atoms with Crippen LogP contribution in [0.1, 0.15) is 40.4 Å². The van der Waals surface area contributed by atoms with Gasteiger partial charge in [0.05, 0.1) is 17.1 Å². The Morgan fingerprint density at radius 2 is 2.03 bits per heavy atom. The van der Waals surface area contributed by atoms with Gasteiger partial charge in [0, 0.05) is 50.4 Å². The molecule has 0 atom stereocenters. The molecule has 2 fully saturated rings. The van der Waals surface area contributed by atoms with Gasteiger partial charge in [0.1, 0.15) is 18.1 Å². The van der Waals surface area contributed by atoms with Gasteiger partial charge in [0.2, 0.25) is 5.95 Å². The number of aldehydes is 1. The number of aromatic amines is 1. The Bertz CT molecular complexity index is 1490. The number of phenols is 1. The lowest BCUT2D eigenvalue weighted by Gasteiger charge is -2.35. The number of rotatable bonds is 8. The molecule has 11 nitrogen and oxygen atoms in total. The van der Waals surface area contributed by atoms with E-state index in [0.717, 1.165) is 42.8 Å². The van der Waals surface area contributed by atoms with E-state index in [4.69, 9.17) is 16.4 Å². The fourth-order valence-corrected chi connectivity index (χ4v) is 4.67. The van der Waals surface area contributed by atoms with Crippen LogP contribution in [0.4, 0.5) is 17.6 Å². The van der Waals surface area contributed by atoms with Gasteiger partial charge in [-0.1, -0.05) is 12.0 Å². The average molecular weight is 498 g/mol. The van der Waals surface area contributed by atoms with Crippen molar-refractivity contribution in [2.24, 2.45) is 0 Å². The van der Waals surface area contributed by atoms with Crippen molar-refractivity contribution < 1.29 is 9.90 Å². The number of H-pyrrole nitrogens is 1. The number of hydrogen-bond donors (Lipinski definition) is 3. The molecule has 6 rings (SSSR count). The summed E-state index contributed by atoms with van der Waals surface area (Å²) < 4.78 is 1.71. The Morgan fingerprint density at radius 3 is 2.78 bits per heavy atom. The summed E-state index contributed by atoms with van der Waals surface area (Å²) in [6.45, 7) is 4.09. The molecule has 1 aliphatic carbocycles. The highest BCUT2D eigenvalue weighted by Gasteiger charge is 2.26. The first-order valence-electron chi connectivity index (χ1n) is 12.3. The van der Waals surface area contributed by atoms with Crippen LogP contribution in [0.25, 0.3) is 11.0 Å². The van der Waals surface area contributed by atoms with Crippen LogP contribution in [0, 0.1) is 12.3 Å². The zero-order valence-electron chi connectivity index (χ0n) is 20.3. The maximum absolute atomic E-state index is 11.2. The number of nitrogens with zero attached hydrogens (tertiary/aromatic N) is 7. The number of hydrogen-bond acceptors (Lipinski definition) is 9. The van der Waals surface area contributed by atoms with Crippen LogP contribution in [0.2, 0.25) is 0 Å². The van der Waals surface area contributed by atoms with Gasteiger partial charge in [-0.3, -0.25) is 14.8 Å². The van der Waals surface area contributed by atoms with E-state index in [1.54, 1.807) is 23.0 Å². The molecule has 4 aromatic rings. The van der Waals surface area contributed by atoms with Gasteiger partial charge in [0.15, 0.2) is 17.8 Å². The van der Waals surface area contributed by atoms with E-state index in [-0.39, 0.29) is 5.75 Å². The molecule has 0 bridgehead atoms.